The predicted octanol–water partition coefficient (Wildman–Crippen LogP) is 1.72. The Bertz CT molecular complexity index is 726. The summed E-state index contributed by atoms with van der Waals surface area (Å²) < 4.78 is 5.27. The Kier molecular flexibility index (Phi) is 3.00. The number of allylic oxidation sites excluding steroid dienone is 1. The fourth-order valence-electron chi connectivity index (χ4n) is 4.87. The summed E-state index contributed by atoms with van der Waals surface area (Å²) in [6, 6.07) is 3.70. The normalized spacial score (nSPS) is 32.8. The van der Waals surface area contributed by atoms with Crippen LogP contribution >= 0.6 is 0 Å². The average Bonchev–Trinajstić information content (AvgIpc) is 2.53. The third-order valence-electron chi connectivity index (χ3n) is 6.00. The lowest BCUT2D eigenvalue weighted by atomic mass is 9.53. The molecular formula is C18H21NO4. The molecule has 1 aromatic carbocycles. The standard InChI is InChI=1S/C18H21NO4/c1-19-6-5-18-9-14(21)15(23-2)8-11(18)12(19)7-10-3-4-13(20)17(22)16(10)18/h3-4,8,11-12,20,22H,5-7,9H2,1-2H3/t11?,12?,18-/m0/s1. The van der Waals surface area contributed by atoms with Gasteiger partial charge in [0.05, 0.1) is 7.11 Å². The van der Waals surface area contributed by atoms with Crippen molar-refractivity contribution in [3.8, 4) is 11.5 Å². The number of benzene rings is 1. The molecule has 3 atom stereocenters. The summed E-state index contributed by atoms with van der Waals surface area (Å²) in [7, 11) is 3.64. The van der Waals surface area contributed by atoms with Gasteiger partial charge < -0.3 is 19.8 Å². The Morgan fingerprint density at radius 3 is 2.87 bits per heavy atom. The van der Waals surface area contributed by atoms with Gasteiger partial charge >= 0.3 is 0 Å². The largest absolute Gasteiger partial charge is 0.504 e. The predicted molar refractivity (Wildman–Crippen MR) is 84.4 cm³/mol. The lowest BCUT2D eigenvalue weighted by molar-refractivity contribution is -0.122. The number of carbonyl (C=O) groups is 1. The second kappa shape index (κ2) is 4.74. The Morgan fingerprint density at radius 1 is 1.35 bits per heavy atom. The molecule has 4 rings (SSSR count). The van der Waals surface area contributed by atoms with Gasteiger partial charge in [-0.15, -0.1) is 0 Å². The summed E-state index contributed by atoms with van der Waals surface area (Å²) in [5.41, 5.74) is 1.37. The molecule has 0 aromatic heterocycles. The first-order valence-corrected chi connectivity index (χ1v) is 8.01. The number of ether oxygens (including phenoxy) is 1. The molecule has 2 aliphatic carbocycles. The molecule has 1 saturated heterocycles. The maximum atomic E-state index is 12.5. The van der Waals surface area contributed by atoms with Crippen LogP contribution in [-0.2, 0) is 21.4 Å². The molecule has 2 unspecified atom stereocenters. The van der Waals surface area contributed by atoms with Crippen molar-refractivity contribution < 1.29 is 19.7 Å². The van der Waals surface area contributed by atoms with E-state index in [9.17, 15) is 15.0 Å². The van der Waals surface area contributed by atoms with Gasteiger partial charge in [0, 0.05) is 29.4 Å². The Labute approximate surface area is 135 Å². The third kappa shape index (κ3) is 1.80. The lowest BCUT2D eigenvalue weighted by Crippen LogP contribution is -2.60. The SMILES string of the molecule is COC1=CC2C3Cc4ccc(O)c(O)c4[C@@]2(CCN3C)CC1=O. The van der Waals surface area contributed by atoms with Crippen LogP contribution < -0.4 is 0 Å². The highest BCUT2D eigenvalue weighted by atomic mass is 16.5. The van der Waals surface area contributed by atoms with E-state index in [0.717, 1.165) is 30.5 Å². The van der Waals surface area contributed by atoms with E-state index in [-0.39, 0.29) is 29.2 Å². The summed E-state index contributed by atoms with van der Waals surface area (Å²) in [6.45, 7) is 0.874. The molecule has 2 bridgehead atoms. The first-order chi connectivity index (χ1) is 11.0. The minimum absolute atomic E-state index is 0.0253. The smallest absolute Gasteiger partial charge is 0.197 e. The van der Waals surface area contributed by atoms with E-state index < -0.39 is 5.41 Å². The number of nitrogens with zero attached hydrogens (tertiary/aromatic N) is 1. The van der Waals surface area contributed by atoms with Crippen LogP contribution in [0.4, 0.5) is 0 Å². The number of aromatic hydroxyl groups is 2. The maximum Gasteiger partial charge on any atom is 0.197 e. The van der Waals surface area contributed by atoms with E-state index in [2.05, 4.69) is 11.9 Å². The Balaban J connectivity index is 1.98. The monoisotopic (exact) mass is 315 g/mol. The second-order valence-corrected chi connectivity index (χ2v) is 6.99. The number of ketones is 1. The van der Waals surface area contributed by atoms with Gasteiger partial charge in [-0.05, 0) is 44.1 Å². The third-order valence-corrected chi connectivity index (χ3v) is 6.00. The van der Waals surface area contributed by atoms with Crippen LogP contribution in [0.25, 0.3) is 0 Å². The number of phenols is 2. The molecule has 1 aliphatic heterocycles. The summed E-state index contributed by atoms with van der Waals surface area (Å²) in [4.78, 5) is 14.8. The van der Waals surface area contributed by atoms with Gasteiger partial charge in [-0.1, -0.05) is 6.07 Å². The maximum absolute atomic E-state index is 12.5. The van der Waals surface area contributed by atoms with Crippen LogP contribution in [0.15, 0.2) is 24.0 Å². The number of hydrogen-bond donors (Lipinski definition) is 2. The quantitative estimate of drug-likeness (QED) is 0.772. The fourth-order valence-corrected chi connectivity index (χ4v) is 4.87. The molecule has 5 heteroatoms. The number of rotatable bonds is 1. The highest BCUT2D eigenvalue weighted by molar-refractivity contribution is 5.96. The van der Waals surface area contributed by atoms with Gasteiger partial charge in [0.25, 0.3) is 0 Å². The van der Waals surface area contributed by atoms with Crippen LogP contribution in [0.3, 0.4) is 0 Å². The van der Waals surface area contributed by atoms with Crippen molar-refractivity contribution in [1.82, 2.24) is 4.90 Å². The highest BCUT2D eigenvalue weighted by Crippen LogP contribution is 2.57. The number of carbonyl (C=O) groups excluding carboxylic acids is 1. The van der Waals surface area contributed by atoms with E-state index in [4.69, 9.17) is 4.74 Å². The number of phenolic OH excluding ortho intramolecular Hbond substituents is 2. The van der Waals surface area contributed by atoms with Gasteiger partial charge in [-0.25, -0.2) is 0 Å². The zero-order valence-electron chi connectivity index (χ0n) is 13.4. The highest BCUT2D eigenvalue weighted by Gasteiger charge is 2.56. The lowest BCUT2D eigenvalue weighted by Gasteiger charge is -2.56. The molecule has 0 saturated carbocycles. The Morgan fingerprint density at radius 2 is 2.13 bits per heavy atom. The van der Waals surface area contributed by atoms with E-state index in [1.807, 2.05) is 12.1 Å². The van der Waals surface area contributed by atoms with Crippen LogP contribution in [0, 0.1) is 5.92 Å². The first kappa shape index (κ1) is 14.6. The van der Waals surface area contributed by atoms with Crippen LogP contribution in [0.2, 0.25) is 0 Å². The second-order valence-electron chi connectivity index (χ2n) is 6.99. The molecule has 0 amide bonds. The van der Waals surface area contributed by atoms with Crippen molar-refractivity contribution in [2.75, 3.05) is 20.7 Å². The molecule has 0 spiro atoms. The summed E-state index contributed by atoms with van der Waals surface area (Å²) in [5.74, 6) is 0.339. The van der Waals surface area contributed by atoms with Crippen molar-refractivity contribution in [1.29, 1.82) is 0 Å². The van der Waals surface area contributed by atoms with Crippen molar-refractivity contribution in [2.24, 2.45) is 5.92 Å². The van der Waals surface area contributed by atoms with Crippen molar-refractivity contribution >= 4 is 5.78 Å². The van der Waals surface area contributed by atoms with Gasteiger partial charge in [0.1, 0.15) is 0 Å². The van der Waals surface area contributed by atoms with Crippen molar-refractivity contribution in [3.63, 3.8) is 0 Å². The van der Waals surface area contributed by atoms with Crippen LogP contribution in [-0.4, -0.2) is 47.6 Å². The Hall–Kier alpha value is -2.01. The topological polar surface area (TPSA) is 70.0 Å². The minimum atomic E-state index is -0.438. The molecule has 3 aliphatic rings. The molecular weight excluding hydrogens is 294 g/mol. The summed E-state index contributed by atoms with van der Waals surface area (Å²) in [6.07, 6.45) is 3.85. The fraction of sp³-hybridized carbons (Fsp3) is 0.500. The molecule has 0 radical (unpaired) electrons. The van der Waals surface area contributed by atoms with E-state index in [1.54, 1.807) is 6.07 Å². The summed E-state index contributed by atoms with van der Waals surface area (Å²) >= 11 is 0. The van der Waals surface area contributed by atoms with Gasteiger partial charge in [0.15, 0.2) is 23.0 Å². The molecule has 5 nitrogen and oxygen atoms in total. The zero-order valence-corrected chi connectivity index (χ0v) is 13.4. The molecule has 122 valence electrons. The van der Waals surface area contributed by atoms with Crippen molar-refractivity contribution in [3.05, 3.63) is 35.1 Å². The van der Waals surface area contributed by atoms with Gasteiger partial charge in [-0.3, -0.25) is 4.79 Å². The van der Waals surface area contributed by atoms with E-state index in [0.29, 0.717) is 12.2 Å². The number of fused-ring (bicyclic) bond motifs is 1. The molecule has 23 heavy (non-hydrogen) atoms. The number of piperidine rings is 1. The number of hydrogen-bond acceptors (Lipinski definition) is 5. The number of likely N-dealkylation sites (N-methyl/N-ethyl adjacent to an activating group) is 1. The zero-order chi connectivity index (χ0) is 16.4. The van der Waals surface area contributed by atoms with E-state index >= 15 is 0 Å². The molecule has 2 N–H and O–H groups in total. The van der Waals surface area contributed by atoms with Gasteiger partial charge in [0.2, 0.25) is 0 Å². The molecule has 1 fully saturated rings. The number of likely N-dealkylation sites (tertiary alicyclic amines) is 1. The van der Waals surface area contributed by atoms with Crippen LogP contribution in [0.5, 0.6) is 11.5 Å². The minimum Gasteiger partial charge on any atom is -0.504 e. The number of Topliss-reactive ketones (excluding diaryl/α,β-unsaturated/α-hetero) is 1. The van der Waals surface area contributed by atoms with Crippen LogP contribution in [0.1, 0.15) is 24.0 Å². The van der Waals surface area contributed by atoms with E-state index in [1.165, 1.54) is 7.11 Å². The number of methoxy groups -OCH3 is 1. The summed E-state index contributed by atoms with van der Waals surface area (Å²) in [5, 5.41) is 20.5. The average molecular weight is 315 g/mol. The van der Waals surface area contributed by atoms with Crippen molar-refractivity contribution in [2.45, 2.75) is 30.7 Å². The van der Waals surface area contributed by atoms with Gasteiger partial charge in [-0.2, -0.15) is 0 Å². The molecule has 1 heterocycles. The first-order valence-electron chi connectivity index (χ1n) is 8.01. The molecule has 1 aromatic rings.